The first kappa shape index (κ1) is 26.9. The summed E-state index contributed by atoms with van der Waals surface area (Å²) in [4.78, 5) is 10.5. The summed E-state index contributed by atoms with van der Waals surface area (Å²) in [7, 11) is 5.55. The van der Waals surface area contributed by atoms with Crippen molar-refractivity contribution in [2.45, 2.75) is 116 Å². The number of hydrogen-bond acceptors (Lipinski definition) is 6. The van der Waals surface area contributed by atoms with Gasteiger partial charge in [-0.25, -0.2) is 9.98 Å². The van der Waals surface area contributed by atoms with Crippen molar-refractivity contribution in [3.05, 3.63) is 0 Å². The molecule has 0 aromatic heterocycles. The average Bonchev–Trinajstić information content (AvgIpc) is 2.76. The summed E-state index contributed by atoms with van der Waals surface area (Å²) in [5.41, 5.74) is 0. The lowest BCUT2D eigenvalue weighted by atomic mass is 10.0. The highest BCUT2D eigenvalue weighted by atomic mass is 16.5. The second-order valence-electron chi connectivity index (χ2n) is 8.79. The van der Waals surface area contributed by atoms with Crippen LogP contribution in [0, 0.1) is 0 Å². The first-order valence-electron chi connectivity index (χ1n) is 12.5. The quantitative estimate of drug-likeness (QED) is 0.208. The minimum Gasteiger partial charge on any atom is -0.349 e. The number of nitrogens with zero attached hydrogens (tertiary/aromatic N) is 3. The molecule has 1 aliphatic rings. The molecule has 0 saturated carbocycles. The summed E-state index contributed by atoms with van der Waals surface area (Å²) in [5, 5.41) is 6.60. The molecule has 0 aromatic rings. The van der Waals surface area contributed by atoms with Gasteiger partial charge in [0.25, 0.3) is 0 Å². The van der Waals surface area contributed by atoms with Crippen LogP contribution < -0.4 is 10.6 Å². The van der Waals surface area contributed by atoms with Crippen LogP contribution in [0.1, 0.15) is 110 Å². The Hall–Kier alpha value is -1.14. The van der Waals surface area contributed by atoms with Crippen LogP contribution in [0.3, 0.4) is 0 Å². The van der Waals surface area contributed by atoms with E-state index in [1.54, 1.807) is 13.4 Å². The van der Waals surface area contributed by atoms with Crippen LogP contribution in [0.2, 0.25) is 0 Å². The van der Waals surface area contributed by atoms with Crippen molar-refractivity contribution in [1.29, 1.82) is 0 Å². The van der Waals surface area contributed by atoms with Crippen molar-refractivity contribution >= 4 is 12.3 Å². The Balaban J connectivity index is 1.89. The second-order valence-corrected chi connectivity index (χ2v) is 8.79. The van der Waals surface area contributed by atoms with E-state index in [0.717, 1.165) is 18.9 Å². The fraction of sp³-hybridized carbons (Fsp3) is 0.917. The minimum atomic E-state index is -0.892. The van der Waals surface area contributed by atoms with Gasteiger partial charge < -0.3 is 9.64 Å². The SMILES string of the molecule is CCCCCCCCCCCCCCCCCCNC1(OC)N=CN=C(N(C)C)N1. The number of unbranched alkanes of at least 4 members (excludes halogenated alkanes) is 15. The van der Waals surface area contributed by atoms with E-state index >= 15 is 0 Å². The van der Waals surface area contributed by atoms with Crippen LogP contribution in [0.15, 0.2) is 9.98 Å². The highest BCUT2D eigenvalue weighted by molar-refractivity contribution is 5.88. The summed E-state index contributed by atoms with van der Waals surface area (Å²) in [6.07, 6.45) is 23.7. The number of nitrogens with one attached hydrogen (secondary N) is 2. The molecule has 2 N–H and O–H groups in total. The summed E-state index contributed by atoms with van der Waals surface area (Å²) in [5.74, 6) is -0.150. The number of ether oxygens (including phenoxy) is 1. The van der Waals surface area contributed by atoms with E-state index in [1.165, 1.54) is 96.3 Å². The van der Waals surface area contributed by atoms with Crippen LogP contribution in [-0.4, -0.2) is 50.9 Å². The zero-order chi connectivity index (χ0) is 21.9. The van der Waals surface area contributed by atoms with Gasteiger partial charge in [0.15, 0.2) is 0 Å². The molecule has 1 atom stereocenters. The smallest absolute Gasteiger partial charge is 0.303 e. The monoisotopic (exact) mass is 423 g/mol. The maximum atomic E-state index is 5.56. The van der Waals surface area contributed by atoms with E-state index in [1.807, 2.05) is 19.0 Å². The first-order valence-corrected chi connectivity index (χ1v) is 12.5. The highest BCUT2D eigenvalue weighted by Crippen LogP contribution is 2.14. The minimum absolute atomic E-state index is 0.742. The molecule has 0 spiro atoms. The van der Waals surface area contributed by atoms with Crippen LogP contribution in [0.25, 0.3) is 0 Å². The van der Waals surface area contributed by atoms with E-state index in [9.17, 15) is 0 Å². The van der Waals surface area contributed by atoms with E-state index < -0.39 is 5.97 Å². The third kappa shape index (κ3) is 12.5. The third-order valence-electron chi connectivity index (χ3n) is 5.81. The molecule has 0 bridgehead atoms. The van der Waals surface area contributed by atoms with Crippen molar-refractivity contribution in [1.82, 2.24) is 15.5 Å². The van der Waals surface area contributed by atoms with Crippen molar-refractivity contribution in [3.63, 3.8) is 0 Å². The van der Waals surface area contributed by atoms with Crippen molar-refractivity contribution in [2.24, 2.45) is 9.98 Å². The molecule has 30 heavy (non-hydrogen) atoms. The summed E-state index contributed by atoms with van der Waals surface area (Å²) < 4.78 is 5.56. The van der Waals surface area contributed by atoms with Crippen LogP contribution in [-0.2, 0) is 4.74 Å². The molecule has 1 aliphatic heterocycles. The lowest BCUT2D eigenvalue weighted by Gasteiger charge is -2.34. The van der Waals surface area contributed by atoms with Gasteiger partial charge in [-0.15, -0.1) is 0 Å². The van der Waals surface area contributed by atoms with E-state index in [-0.39, 0.29) is 0 Å². The molecule has 6 heteroatoms. The average molecular weight is 424 g/mol. The van der Waals surface area contributed by atoms with Gasteiger partial charge in [0.1, 0.15) is 6.34 Å². The molecule has 1 rings (SSSR count). The van der Waals surface area contributed by atoms with E-state index in [0.29, 0.717) is 0 Å². The molecule has 0 aliphatic carbocycles. The summed E-state index contributed by atoms with van der Waals surface area (Å²) >= 11 is 0. The van der Waals surface area contributed by atoms with Gasteiger partial charge in [-0.3, -0.25) is 10.6 Å². The standard InChI is InChI=1S/C24H49N5O/c1-5-6-7-8-9-10-11-12-13-14-15-16-17-18-19-20-21-26-24(30-4)27-22-25-23(28-24)29(2)3/h22,26H,5-21H2,1-4H3,(H,25,27,28). The second kappa shape index (κ2) is 17.5. The lowest BCUT2D eigenvalue weighted by molar-refractivity contribution is -0.0476. The molecule has 6 nitrogen and oxygen atoms in total. The van der Waals surface area contributed by atoms with Crippen molar-refractivity contribution < 1.29 is 4.74 Å². The normalized spacial score (nSPS) is 18.3. The van der Waals surface area contributed by atoms with Crippen molar-refractivity contribution in [2.75, 3.05) is 27.7 Å². The Kier molecular flexibility index (Phi) is 15.7. The molecule has 1 heterocycles. The van der Waals surface area contributed by atoms with Gasteiger partial charge in [0.2, 0.25) is 5.96 Å². The third-order valence-corrected chi connectivity index (χ3v) is 5.81. The van der Waals surface area contributed by atoms with Gasteiger partial charge >= 0.3 is 5.97 Å². The lowest BCUT2D eigenvalue weighted by Crippen LogP contribution is -2.62. The van der Waals surface area contributed by atoms with Gasteiger partial charge in [0.05, 0.1) is 0 Å². The van der Waals surface area contributed by atoms with E-state index in [4.69, 9.17) is 4.74 Å². The van der Waals surface area contributed by atoms with Gasteiger partial charge in [-0.2, -0.15) is 0 Å². The first-order chi connectivity index (χ1) is 14.6. The van der Waals surface area contributed by atoms with E-state index in [2.05, 4.69) is 27.5 Å². The number of hydrogen-bond donors (Lipinski definition) is 2. The predicted octanol–water partition coefficient (Wildman–Crippen LogP) is 5.64. The fourth-order valence-electron chi connectivity index (χ4n) is 3.80. The molecule has 0 fully saturated rings. The number of aliphatic imine (C=N–C) groups is 2. The molecule has 0 aromatic carbocycles. The van der Waals surface area contributed by atoms with Crippen LogP contribution >= 0.6 is 0 Å². The highest BCUT2D eigenvalue weighted by Gasteiger charge is 2.31. The van der Waals surface area contributed by atoms with Gasteiger partial charge in [-0.05, 0) is 6.42 Å². The number of guanidine groups is 1. The molecular formula is C24H49N5O. The Morgan fingerprint density at radius 2 is 1.30 bits per heavy atom. The molecule has 0 saturated heterocycles. The fourth-order valence-corrected chi connectivity index (χ4v) is 3.80. The Bertz CT molecular complexity index is 467. The number of rotatable bonds is 19. The Labute approximate surface area is 186 Å². The predicted molar refractivity (Wildman–Crippen MR) is 130 cm³/mol. The molecule has 0 amide bonds. The van der Waals surface area contributed by atoms with Gasteiger partial charge in [0, 0.05) is 27.7 Å². The molecule has 0 radical (unpaired) electrons. The summed E-state index contributed by atoms with van der Waals surface area (Å²) in [6.45, 7) is 3.16. The zero-order valence-corrected chi connectivity index (χ0v) is 20.3. The maximum absolute atomic E-state index is 5.56. The zero-order valence-electron chi connectivity index (χ0n) is 20.3. The van der Waals surface area contributed by atoms with Gasteiger partial charge in [-0.1, -0.05) is 103 Å². The topological polar surface area (TPSA) is 61.2 Å². The maximum Gasteiger partial charge on any atom is 0.303 e. The molecule has 176 valence electrons. The molecule has 1 unspecified atom stereocenters. The molecular weight excluding hydrogens is 374 g/mol. The number of methoxy groups -OCH3 is 1. The van der Waals surface area contributed by atoms with Crippen LogP contribution in [0.5, 0.6) is 0 Å². The largest absolute Gasteiger partial charge is 0.349 e. The van der Waals surface area contributed by atoms with Crippen LogP contribution in [0.4, 0.5) is 0 Å². The van der Waals surface area contributed by atoms with Crippen molar-refractivity contribution in [3.8, 4) is 0 Å². The Morgan fingerprint density at radius 3 is 1.73 bits per heavy atom. The Morgan fingerprint density at radius 1 is 0.833 bits per heavy atom. The summed E-state index contributed by atoms with van der Waals surface area (Å²) in [6, 6.07) is 0.